The first-order chi connectivity index (χ1) is 8.16. The molecule has 1 aliphatic carbocycles. The van der Waals surface area contributed by atoms with Crippen molar-refractivity contribution in [2.45, 2.75) is 50.8 Å². The molecular weight excluding hydrogens is 235 g/mol. The van der Waals surface area contributed by atoms with Crippen molar-refractivity contribution in [3.63, 3.8) is 0 Å². The van der Waals surface area contributed by atoms with E-state index in [1.54, 1.807) is 6.07 Å². The van der Waals surface area contributed by atoms with Crippen LogP contribution in [0.3, 0.4) is 0 Å². The van der Waals surface area contributed by atoms with E-state index in [4.69, 9.17) is 11.6 Å². The van der Waals surface area contributed by atoms with E-state index in [0.29, 0.717) is 5.92 Å². The predicted molar refractivity (Wildman–Crippen MR) is 71.1 cm³/mol. The van der Waals surface area contributed by atoms with Crippen LogP contribution in [0.15, 0.2) is 18.2 Å². The summed E-state index contributed by atoms with van der Waals surface area (Å²) in [5.74, 6) is 0.545. The average molecular weight is 255 g/mol. The van der Waals surface area contributed by atoms with Gasteiger partial charge in [-0.3, -0.25) is 0 Å². The van der Waals surface area contributed by atoms with Gasteiger partial charge in [0.05, 0.1) is 0 Å². The van der Waals surface area contributed by atoms with Crippen LogP contribution in [0.1, 0.15) is 43.2 Å². The molecule has 0 nitrogen and oxygen atoms in total. The van der Waals surface area contributed by atoms with Crippen molar-refractivity contribution in [3.8, 4) is 0 Å². The number of hydrogen-bond donors (Lipinski definition) is 0. The number of aryl methyl sites for hydroxylation is 2. The molecule has 1 aromatic carbocycles. The van der Waals surface area contributed by atoms with E-state index in [1.165, 1.54) is 37.3 Å². The van der Waals surface area contributed by atoms with Crippen molar-refractivity contribution >= 4 is 11.6 Å². The maximum absolute atomic E-state index is 13.1. The lowest BCUT2D eigenvalue weighted by Gasteiger charge is -2.17. The molecule has 0 bridgehead atoms. The fourth-order valence-electron chi connectivity index (χ4n) is 2.76. The predicted octanol–water partition coefficient (Wildman–Crippen LogP) is 4.86. The largest absolute Gasteiger partial charge is 0.207 e. The van der Waals surface area contributed by atoms with E-state index in [0.717, 1.165) is 18.4 Å². The highest BCUT2D eigenvalue weighted by Gasteiger charge is 2.22. The summed E-state index contributed by atoms with van der Waals surface area (Å²) >= 11 is 6.44. The Balaban J connectivity index is 1.90. The third-order valence-corrected chi connectivity index (χ3v) is 4.49. The number of benzene rings is 1. The number of halogens is 2. The van der Waals surface area contributed by atoms with Crippen molar-refractivity contribution < 1.29 is 4.39 Å². The Morgan fingerprint density at radius 3 is 2.76 bits per heavy atom. The molecule has 0 N–H and O–H groups in total. The number of rotatable bonds is 4. The average Bonchev–Trinajstić information content (AvgIpc) is 2.83. The molecule has 0 spiro atoms. The first-order valence-electron chi connectivity index (χ1n) is 6.56. The summed E-state index contributed by atoms with van der Waals surface area (Å²) in [5.41, 5.74) is 2.27. The molecular formula is C15H20ClF. The van der Waals surface area contributed by atoms with Gasteiger partial charge < -0.3 is 0 Å². The van der Waals surface area contributed by atoms with E-state index >= 15 is 0 Å². The second-order valence-corrected chi connectivity index (χ2v) is 5.73. The van der Waals surface area contributed by atoms with Gasteiger partial charge in [0, 0.05) is 5.38 Å². The van der Waals surface area contributed by atoms with Crippen LogP contribution in [0.4, 0.5) is 4.39 Å². The molecule has 0 heterocycles. The van der Waals surface area contributed by atoms with Crippen LogP contribution in [0, 0.1) is 18.7 Å². The summed E-state index contributed by atoms with van der Waals surface area (Å²) in [6, 6.07) is 5.02. The van der Waals surface area contributed by atoms with Gasteiger partial charge in [0.2, 0.25) is 0 Å². The van der Waals surface area contributed by atoms with Gasteiger partial charge in [-0.2, -0.15) is 0 Å². The van der Waals surface area contributed by atoms with E-state index in [9.17, 15) is 4.39 Å². The summed E-state index contributed by atoms with van der Waals surface area (Å²) in [6.07, 6.45) is 7.07. The molecule has 0 amide bonds. The molecule has 1 aliphatic rings. The Hall–Kier alpha value is -0.560. The summed E-state index contributed by atoms with van der Waals surface area (Å²) in [4.78, 5) is 0. The minimum Gasteiger partial charge on any atom is -0.207 e. The zero-order valence-corrected chi connectivity index (χ0v) is 11.1. The Bertz CT molecular complexity index is 369. The molecule has 1 saturated carbocycles. The van der Waals surface area contributed by atoms with Gasteiger partial charge in [-0.25, -0.2) is 4.39 Å². The number of alkyl halides is 1. The fourth-order valence-corrected chi connectivity index (χ4v) is 3.12. The van der Waals surface area contributed by atoms with Gasteiger partial charge in [-0.05, 0) is 61.8 Å². The minimum atomic E-state index is -0.141. The summed E-state index contributed by atoms with van der Waals surface area (Å²) < 4.78 is 13.1. The van der Waals surface area contributed by atoms with Crippen LogP contribution in [0.2, 0.25) is 0 Å². The summed E-state index contributed by atoms with van der Waals surface area (Å²) in [7, 11) is 0. The third-order valence-electron chi connectivity index (χ3n) is 3.91. The van der Waals surface area contributed by atoms with Crippen molar-refractivity contribution in [2.24, 2.45) is 5.92 Å². The molecule has 1 atom stereocenters. The molecule has 2 rings (SSSR count). The Labute approximate surface area is 108 Å². The van der Waals surface area contributed by atoms with E-state index in [2.05, 4.69) is 0 Å². The molecule has 1 aromatic rings. The molecule has 17 heavy (non-hydrogen) atoms. The molecule has 0 aliphatic heterocycles. The highest BCUT2D eigenvalue weighted by Crippen LogP contribution is 2.32. The Morgan fingerprint density at radius 1 is 1.35 bits per heavy atom. The lowest BCUT2D eigenvalue weighted by atomic mass is 9.96. The van der Waals surface area contributed by atoms with Crippen LogP contribution in [0.25, 0.3) is 0 Å². The standard InChI is InChI=1S/C15H20ClF/c1-11-6-8-14(17)10-13(11)7-9-15(16)12-4-2-3-5-12/h6,8,10,12,15H,2-5,7,9H2,1H3. The lowest BCUT2D eigenvalue weighted by molar-refractivity contribution is 0.492. The molecule has 0 saturated heterocycles. The highest BCUT2D eigenvalue weighted by molar-refractivity contribution is 6.20. The lowest BCUT2D eigenvalue weighted by Crippen LogP contribution is -2.12. The summed E-state index contributed by atoms with van der Waals surface area (Å²) in [6.45, 7) is 2.04. The van der Waals surface area contributed by atoms with Gasteiger partial charge >= 0.3 is 0 Å². The molecule has 94 valence electrons. The van der Waals surface area contributed by atoms with Gasteiger partial charge in [0.15, 0.2) is 0 Å². The zero-order valence-electron chi connectivity index (χ0n) is 10.4. The van der Waals surface area contributed by atoms with Gasteiger partial charge in [0.1, 0.15) is 5.82 Å². The SMILES string of the molecule is Cc1ccc(F)cc1CCC(Cl)C1CCCC1. The van der Waals surface area contributed by atoms with E-state index < -0.39 is 0 Å². The minimum absolute atomic E-state index is 0.141. The smallest absolute Gasteiger partial charge is 0.123 e. The monoisotopic (exact) mass is 254 g/mol. The fraction of sp³-hybridized carbons (Fsp3) is 0.600. The summed E-state index contributed by atoms with van der Waals surface area (Å²) in [5, 5.41) is 0.264. The van der Waals surface area contributed by atoms with Crippen LogP contribution in [-0.4, -0.2) is 5.38 Å². The van der Waals surface area contributed by atoms with Crippen LogP contribution >= 0.6 is 11.6 Å². The van der Waals surface area contributed by atoms with Gasteiger partial charge in [-0.1, -0.05) is 18.9 Å². The van der Waals surface area contributed by atoms with Crippen LogP contribution in [-0.2, 0) is 6.42 Å². The topological polar surface area (TPSA) is 0 Å². The zero-order chi connectivity index (χ0) is 12.3. The van der Waals surface area contributed by atoms with Crippen molar-refractivity contribution in [3.05, 3.63) is 35.1 Å². The quantitative estimate of drug-likeness (QED) is 0.673. The normalized spacial score (nSPS) is 18.5. The van der Waals surface area contributed by atoms with Gasteiger partial charge in [0.25, 0.3) is 0 Å². The number of hydrogen-bond acceptors (Lipinski definition) is 0. The van der Waals surface area contributed by atoms with Crippen molar-refractivity contribution in [1.29, 1.82) is 0 Å². The van der Waals surface area contributed by atoms with Crippen molar-refractivity contribution in [2.75, 3.05) is 0 Å². The maximum Gasteiger partial charge on any atom is 0.123 e. The maximum atomic E-state index is 13.1. The van der Waals surface area contributed by atoms with Crippen LogP contribution in [0.5, 0.6) is 0 Å². The van der Waals surface area contributed by atoms with Gasteiger partial charge in [-0.15, -0.1) is 11.6 Å². The second-order valence-electron chi connectivity index (χ2n) is 5.17. The first kappa shape index (κ1) is 12.9. The van der Waals surface area contributed by atoms with Crippen LogP contribution < -0.4 is 0 Å². The second kappa shape index (κ2) is 5.86. The Morgan fingerprint density at radius 2 is 2.06 bits per heavy atom. The highest BCUT2D eigenvalue weighted by atomic mass is 35.5. The van der Waals surface area contributed by atoms with E-state index in [-0.39, 0.29) is 11.2 Å². The molecule has 0 radical (unpaired) electrons. The van der Waals surface area contributed by atoms with Crippen molar-refractivity contribution in [1.82, 2.24) is 0 Å². The Kier molecular flexibility index (Phi) is 4.44. The first-order valence-corrected chi connectivity index (χ1v) is 6.99. The molecule has 1 unspecified atom stereocenters. The third kappa shape index (κ3) is 3.45. The molecule has 1 fully saturated rings. The molecule has 0 aromatic heterocycles. The van der Waals surface area contributed by atoms with E-state index in [1.807, 2.05) is 13.0 Å². The molecule has 2 heteroatoms.